The SMILES string of the molecule is CC(O[Si](C)(C)C(C)(C)C)c1csc(Br)n1. The van der Waals surface area contributed by atoms with E-state index in [-0.39, 0.29) is 11.1 Å². The van der Waals surface area contributed by atoms with Gasteiger partial charge in [-0.25, -0.2) is 4.98 Å². The van der Waals surface area contributed by atoms with Crippen LogP contribution in [0.5, 0.6) is 0 Å². The summed E-state index contributed by atoms with van der Waals surface area (Å²) in [5, 5.41) is 2.30. The van der Waals surface area contributed by atoms with Crippen LogP contribution in [0.25, 0.3) is 0 Å². The van der Waals surface area contributed by atoms with Crippen LogP contribution in [0, 0.1) is 0 Å². The number of hydrogen-bond acceptors (Lipinski definition) is 3. The monoisotopic (exact) mass is 321 g/mol. The number of nitrogens with zero attached hydrogens (tertiary/aromatic N) is 1. The Morgan fingerprint density at radius 1 is 1.44 bits per heavy atom. The lowest BCUT2D eigenvalue weighted by atomic mass is 10.2. The minimum atomic E-state index is -1.69. The Morgan fingerprint density at radius 2 is 2.00 bits per heavy atom. The van der Waals surface area contributed by atoms with Crippen LogP contribution in [-0.2, 0) is 4.43 Å². The summed E-state index contributed by atoms with van der Waals surface area (Å²) >= 11 is 4.99. The topological polar surface area (TPSA) is 22.1 Å². The molecule has 1 atom stereocenters. The average molecular weight is 322 g/mol. The maximum Gasteiger partial charge on any atom is 0.192 e. The Balaban J connectivity index is 2.75. The Bertz CT molecular complexity index is 359. The third kappa shape index (κ3) is 3.39. The molecular formula is C11H20BrNOSSi. The van der Waals surface area contributed by atoms with Crippen molar-refractivity contribution >= 4 is 35.6 Å². The largest absolute Gasteiger partial charge is 0.409 e. The first kappa shape index (κ1) is 14.3. The minimum absolute atomic E-state index is 0.0865. The Hall–Kier alpha value is 0.287. The maximum atomic E-state index is 6.26. The normalized spacial score (nSPS) is 15.2. The number of thiazole rings is 1. The first-order valence-electron chi connectivity index (χ1n) is 5.42. The zero-order valence-corrected chi connectivity index (χ0v) is 14.2. The first-order valence-corrected chi connectivity index (χ1v) is 10.0. The van der Waals surface area contributed by atoms with Gasteiger partial charge in [-0.2, -0.15) is 0 Å². The molecule has 1 rings (SSSR count). The molecule has 0 aromatic carbocycles. The molecule has 0 aliphatic rings. The number of aromatic nitrogens is 1. The highest BCUT2D eigenvalue weighted by atomic mass is 79.9. The number of halogens is 1. The van der Waals surface area contributed by atoms with Crippen molar-refractivity contribution < 1.29 is 4.43 Å². The standard InChI is InChI=1S/C11H20BrNOSSi/c1-8(9-7-15-10(12)13-9)14-16(5,6)11(2,3)4/h7-8H,1-6H3. The van der Waals surface area contributed by atoms with E-state index in [2.05, 4.69) is 67.1 Å². The average Bonchev–Trinajstić information content (AvgIpc) is 2.48. The van der Waals surface area contributed by atoms with Gasteiger partial charge < -0.3 is 4.43 Å². The van der Waals surface area contributed by atoms with Crippen molar-refractivity contribution in [2.24, 2.45) is 0 Å². The second-order valence-corrected chi connectivity index (χ2v) is 12.4. The molecule has 0 aliphatic heterocycles. The van der Waals surface area contributed by atoms with Crippen molar-refractivity contribution in [2.75, 3.05) is 0 Å². The third-order valence-corrected chi connectivity index (χ3v) is 9.13. The zero-order valence-electron chi connectivity index (χ0n) is 10.8. The predicted octanol–water partition coefficient (Wildman–Crippen LogP) is 4.99. The molecule has 0 radical (unpaired) electrons. The highest BCUT2D eigenvalue weighted by Gasteiger charge is 2.38. The predicted molar refractivity (Wildman–Crippen MR) is 76.5 cm³/mol. The number of hydrogen-bond donors (Lipinski definition) is 0. The van der Waals surface area contributed by atoms with Crippen LogP contribution >= 0.6 is 27.3 Å². The molecule has 16 heavy (non-hydrogen) atoms. The molecule has 0 spiro atoms. The summed E-state index contributed by atoms with van der Waals surface area (Å²) in [6, 6.07) is 0. The summed E-state index contributed by atoms with van der Waals surface area (Å²) in [6.45, 7) is 13.4. The lowest BCUT2D eigenvalue weighted by Crippen LogP contribution is -2.41. The van der Waals surface area contributed by atoms with Crippen LogP contribution in [0.4, 0.5) is 0 Å². The molecule has 0 amide bonds. The molecule has 0 bridgehead atoms. The van der Waals surface area contributed by atoms with E-state index in [4.69, 9.17) is 4.43 Å². The fourth-order valence-corrected chi connectivity index (χ4v) is 3.59. The maximum absolute atomic E-state index is 6.26. The minimum Gasteiger partial charge on any atom is -0.409 e. The molecule has 1 aromatic heterocycles. The number of rotatable bonds is 3. The van der Waals surface area contributed by atoms with Crippen LogP contribution in [0.15, 0.2) is 9.30 Å². The second-order valence-electron chi connectivity index (χ2n) is 5.55. The van der Waals surface area contributed by atoms with Gasteiger partial charge in [0.05, 0.1) is 11.8 Å². The van der Waals surface area contributed by atoms with Crippen molar-refractivity contribution in [1.82, 2.24) is 4.98 Å². The Morgan fingerprint density at radius 3 is 2.38 bits per heavy atom. The van der Waals surface area contributed by atoms with Gasteiger partial charge in [-0.15, -0.1) is 11.3 Å². The van der Waals surface area contributed by atoms with Crippen molar-refractivity contribution in [1.29, 1.82) is 0 Å². The molecule has 92 valence electrons. The molecule has 1 unspecified atom stereocenters. The molecule has 2 nitrogen and oxygen atoms in total. The van der Waals surface area contributed by atoms with E-state index in [0.29, 0.717) is 0 Å². The van der Waals surface area contributed by atoms with E-state index < -0.39 is 8.32 Å². The molecule has 0 N–H and O–H groups in total. The van der Waals surface area contributed by atoms with Gasteiger partial charge in [0.1, 0.15) is 0 Å². The summed E-state index contributed by atoms with van der Waals surface area (Å²) in [4.78, 5) is 4.41. The molecule has 0 saturated carbocycles. The molecule has 1 heterocycles. The van der Waals surface area contributed by atoms with E-state index in [1.54, 1.807) is 11.3 Å². The quantitative estimate of drug-likeness (QED) is 0.732. The van der Waals surface area contributed by atoms with Gasteiger partial charge in [-0.05, 0) is 41.0 Å². The highest BCUT2D eigenvalue weighted by Crippen LogP contribution is 2.39. The van der Waals surface area contributed by atoms with Gasteiger partial charge >= 0.3 is 0 Å². The summed E-state index contributed by atoms with van der Waals surface area (Å²) in [7, 11) is -1.69. The molecular weight excluding hydrogens is 302 g/mol. The first-order chi connectivity index (χ1) is 7.13. The molecule has 5 heteroatoms. The van der Waals surface area contributed by atoms with E-state index in [1.165, 1.54) is 0 Å². The van der Waals surface area contributed by atoms with Gasteiger partial charge in [0, 0.05) is 5.38 Å². The van der Waals surface area contributed by atoms with Crippen molar-refractivity contribution in [3.05, 3.63) is 15.0 Å². The van der Waals surface area contributed by atoms with Gasteiger partial charge in [0.15, 0.2) is 12.2 Å². The Labute approximate surface area is 112 Å². The molecule has 0 saturated heterocycles. The van der Waals surface area contributed by atoms with Crippen LogP contribution in [-0.4, -0.2) is 13.3 Å². The summed E-state index contributed by atoms with van der Waals surface area (Å²) < 4.78 is 7.19. The third-order valence-electron chi connectivity index (χ3n) is 3.19. The van der Waals surface area contributed by atoms with Gasteiger partial charge in [-0.3, -0.25) is 0 Å². The van der Waals surface area contributed by atoms with Crippen LogP contribution < -0.4 is 0 Å². The van der Waals surface area contributed by atoms with E-state index >= 15 is 0 Å². The summed E-state index contributed by atoms with van der Waals surface area (Å²) in [5.41, 5.74) is 1.03. The molecule has 0 aliphatic carbocycles. The second kappa shape index (κ2) is 4.88. The van der Waals surface area contributed by atoms with E-state index in [9.17, 15) is 0 Å². The summed E-state index contributed by atoms with van der Waals surface area (Å²) in [6.07, 6.45) is 0.0865. The van der Waals surface area contributed by atoms with Crippen molar-refractivity contribution in [2.45, 2.75) is 51.9 Å². The lowest BCUT2D eigenvalue weighted by Gasteiger charge is -2.38. The van der Waals surface area contributed by atoms with Gasteiger partial charge in [-0.1, -0.05) is 20.8 Å². The fraction of sp³-hybridized carbons (Fsp3) is 0.727. The van der Waals surface area contributed by atoms with Crippen LogP contribution in [0.1, 0.15) is 39.5 Å². The van der Waals surface area contributed by atoms with Crippen molar-refractivity contribution in [3.8, 4) is 0 Å². The van der Waals surface area contributed by atoms with Gasteiger partial charge in [0.25, 0.3) is 0 Å². The van der Waals surface area contributed by atoms with Crippen molar-refractivity contribution in [3.63, 3.8) is 0 Å². The highest BCUT2D eigenvalue weighted by molar-refractivity contribution is 9.11. The van der Waals surface area contributed by atoms with E-state index in [0.717, 1.165) is 9.61 Å². The van der Waals surface area contributed by atoms with Crippen LogP contribution in [0.2, 0.25) is 18.1 Å². The van der Waals surface area contributed by atoms with Gasteiger partial charge in [0.2, 0.25) is 0 Å². The smallest absolute Gasteiger partial charge is 0.192 e. The lowest BCUT2D eigenvalue weighted by molar-refractivity contribution is 0.199. The van der Waals surface area contributed by atoms with E-state index in [1.807, 2.05) is 0 Å². The molecule has 1 aromatic rings. The Kier molecular flexibility index (Phi) is 4.38. The van der Waals surface area contributed by atoms with Crippen LogP contribution in [0.3, 0.4) is 0 Å². The zero-order chi connectivity index (χ0) is 12.6. The molecule has 0 fully saturated rings. The fourth-order valence-electron chi connectivity index (χ4n) is 1.13. The summed E-state index contributed by atoms with van der Waals surface area (Å²) in [5.74, 6) is 0.